The summed E-state index contributed by atoms with van der Waals surface area (Å²) < 4.78 is 0. The second-order valence-electron chi connectivity index (χ2n) is 7.38. The van der Waals surface area contributed by atoms with E-state index in [4.69, 9.17) is 0 Å². The summed E-state index contributed by atoms with van der Waals surface area (Å²) in [4.78, 5) is 29.2. The number of anilines is 1. The van der Waals surface area contributed by atoms with Crippen LogP contribution in [-0.4, -0.2) is 49.4 Å². The van der Waals surface area contributed by atoms with E-state index < -0.39 is 0 Å². The molecule has 148 valence electrons. The van der Waals surface area contributed by atoms with Gasteiger partial charge in [-0.3, -0.25) is 9.59 Å². The van der Waals surface area contributed by atoms with Crippen LogP contribution in [0.5, 0.6) is 0 Å². The number of aryl methyl sites for hydroxylation is 2. The van der Waals surface area contributed by atoms with E-state index in [0.717, 1.165) is 36.8 Å². The van der Waals surface area contributed by atoms with Gasteiger partial charge in [0, 0.05) is 22.4 Å². The number of hydrogen-bond acceptors (Lipinski definition) is 3. The number of amides is 2. The Balaban J connectivity index is 1.51. The Morgan fingerprint density at radius 1 is 1.07 bits per heavy atom. The minimum absolute atomic E-state index is 0.0150. The molecule has 0 aromatic heterocycles. The monoisotopic (exact) mass is 398 g/mol. The van der Waals surface area contributed by atoms with Gasteiger partial charge < -0.3 is 15.1 Å². The molecule has 0 unspecified atom stereocenters. The molecular formula is C22H28N3O2S+. The summed E-state index contributed by atoms with van der Waals surface area (Å²) in [5, 5.41) is 2.99. The molecule has 0 atom stereocenters. The Kier molecular flexibility index (Phi) is 6.75. The van der Waals surface area contributed by atoms with Gasteiger partial charge in [-0.05, 0) is 55.3 Å². The van der Waals surface area contributed by atoms with Crippen molar-refractivity contribution in [3.63, 3.8) is 0 Å². The lowest BCUT2D eigenvalue weighted by atomic mass is 10.2. The molecule has 1 aliphatic heterocycles. The number of carbonyl (C=O) groups is 2. The highest BCUT2D eigenvalue weighted by Gasteiger charge is 2.23. The van der Waals surface area contributed by atoms with Gasteiger partial charge in [-0.1, -0.05) is 23.9 Å². The van der Waals surface area contributed by atoms with Crippen LogP contribution < -0.4 is 10.2 Å². The maximum Gasteiger partial charge on any atom is 0.279 e. The molecule has 2 aromatic rings. The van der Waals surface area contributed by atoms with Crippen LogP contribution in [0.15, 0.2) is 52.3 Å². The van der Waals surface area contributed by atoms with E-state index in [1.54, 1.807) is 18.7 Å². The van der Waals surface area contributed by atoms with Gasteiger partial charge in [0.05, 0.1) is 26.2 Å². The van der Waals surface area contributed by atoms with Crippen LogP contribution in [0.25, 0.3) is 0 Å². The van der Waals surface area contributed by atoms with Crippen LogP contribution >= 0.6 is 11.8 Å². The predicted molar refractivity (Wildman–Crippen MR) is 113 cm³/mol. The van der Waals surface area contributed by atoms with Gasteiger partial charge in [-0.2, -0.15) is 0 Å². The molecule has 3 rings (SSSR count). The van der Waals surface area contributed by atoms with Gasteiger partial charge in [-0.25, -0.2) is 0 Å². The van der Waals surface area contributed by atoms with Crippen molar-refractivity contribution in [2.45, 2.75) is 30.6 Å². The summed E-state index contributed by atoms with van der Waals surface area (Å²) in [6.45, 7) is 9.34. The highest BCUT2D eigenvalue weighted by Crippen LogP contribution is 2.31. The molecule has 0 aliphatic carbocycles. The zero-order valence-corrected chi connectivity index (χ0v) is 17.6. The number of piperazine rings is 1. The lowest BCUT2D eigenvalue weighted by Gasteiger charge is -2.31. The lowest BCUT2D eigenvalue weighted by molar-refractivity contribution is -0.895. The third-order valence-corrected chi connectivity index (χ3v) is 6.20. The topological polar surface area (TPSA) is 53.9 Å². The van der Waals surface area contributed by atoms with Crippen LogP contribution in [-0.2, 0) is 9.59 Å². The van der Waals surface area contributed by atoms with Gasteiger partial charge in [0.25, 0.3) is 5.91 Å². The fourth-order valence-electron chi connectivity index (χ4n) is 3.30. The van der Waals surface area contributed by atoms with Gasteiger partial charge in [-0.15, -0.1) is 0 Å². The fourth-order valence-corrected chi connectivity index (χ4v) is 4.30. The molecule has 0 bridgehead atoms. The number of quaternary nitrogens is 1. The number of nitrogens with one attached hydrogen (secondary N) is 2. The standard InChI is InChI=1S/C22H27N3O2S/c1-16-4-5-17(2)21(14-16)28-20-8-6-19(7-9-20)23-22(27)15-24-10-12-25(13-11-24)18(3)26/h4-9,14H,10-13,15H2,1-3H3,(H,23,27)/p+1. The maximum atomic E-state index is 12.3. The molecule has 6 heteroatoms. The number of hydrogen-bond donors (Lipinski definition) is 2. The quantitative estimate of drug-likeness (QED) is 0.811. The number of carbonyl (C=O) groups excluding carboxylic acids is 2. The first kappa shape index (κ1) is 20.4. The average molecular weight is 399 g/mol. The minimum atomic E-state index is 0.0150. The van der Waals surface area contributed by atoms with Gasteiger partial charge in [0.2, 0.25) is 5.91 Å². The van der Waals surface area contributed by atoms with E-state index >= 15 is 0 Å². The van der Waals surface area contributed by atoms with Crippen molar-refractivity contribution in [3.05, 3.63) is 53.6 Å². The highest BCUT2D eigenvalue weighted by atomic mass is 32.2. The van der Waals surface area contributed by atoms with Crippen molar-refractivity contribution in [2.75, 3.05) is 38.0 Å². The van der Waals surface area contributed by atoms with Crippen LogP contribution in [0.1, 0.15) is 18.1 Å². The zero-order valence-electron chi connectivity index (χ0n) is 16.7. The SMILES string of the molecule is CC(=O)N1CC[NH+](CC(=O)Nc2ccc(Sc3cc(C)ccc3C)cc2)CC1. The third kappa shape index (κ3) is 5.59. The predicted octanol–water partition coefficient (Wildman–Crippen LogP) is 2.14. The third-order valence-electron chi connectivity index (χ3n) is 5.04. The van der Waals surface area contributed by atoms with Crippen LogP contribution in [0, 0.1) is 13.8 Å². The highest BCUT2D eigenvalue weighted by molar-refractivity contribution is 7.99. The normalized spacial score (nSPS) is 14.8. The van der Waals surface area contributed by atoms with Crippen molar-refractivity contribution < 1.29 is 14.5 Å². The molecule has 2 aromatic carbocycles. The number of benzene rings is 2. The van der Waals surface area contributed by atoms with Crippen molar-refractivity contribution in [1.82, 2.24) is 4.90 Å². The van der Waals surface area contributed by atoms with Crippen molar-refractivity contribution >= 4 is 29.3 Å². The molecule has 0 spiro atoms. The van der Waals surface area contributed by atoms with E-state index in [-0.39, 0.29) is 11.8 Å². The maximum absolute atomic E-state index is 12.3. The van der Waals surface area contributed by atoms with Gasteiger partial charge in [0.15, 0.2) is 6.54 Å². The molecule has 2 amide bonds. The molecule has 2 N–H and O–H groups in total. The molecule has 1 fully saturated rings. The fraction of sp³-hybridized carbons (Fsp3) is 0.364. The molecule has 1 aliphatic rings. The van der Waals surface area contributed by atoms with Crippen LogP contribution in [0.2, 0.25) is 0 Å². The Morgan fingerprint density at radius 2 is 1.75 bits per heavy atom. The van der Waals surface area contributed by atoms with E-state index in [9.17, 15) is 9.59 Å². The largest absolute Gasteiger partial charge is 0.332 e. The molecule has 1 saturated heterocycles. The van der Waals surface area contributed by atoms with Crippen molar-refractivity contribution in [3.8, 4) is 0 Å². The van der Waals surface area contributed by atoms with Gasteiger partial charge >= 0.3 is 0 Å². The van der Waals surface area contributed by atoms with E-state index in [2.05, 4.69) is 37.4 Å². The van der Waals surface area contributed by atoms with E-state index in [1.807, 2.05) is 29.2 Å². The van der Waals surface area contributed by atoms with E-state index in [1.165, 1.54) is 20.9 Å². The van der Waals surface area contributed by atoms with Gasteiger partial charge in [0.1, 0.15) is 0 Å². The average Bonchev–Trinajstić information content (AvgIpc) is 2.66. The lowest BCUT2D eigenvalue weighted by Crippen LogP contribution is -3.15. The second kappa shape index (κ2) is 9.26. The summed E-state index contributed by atoms with van der Waals surface area (Å²) >= 11 is 1.74. The van der Waals surface area contributed by atoms with Crippen LogP contribution in [0.4, 0.5) is 5.69 Å². The number of nitrogens with zero attached hydrogens (tertiary/aromatic N) is 1. The minimum Gasteiger partial charge on any atom is -0.332 e. The summed E-state index contributed by atoms with van der Waals surface area (Å²) in [5.74, 6) is 0.128. The smallest absolute Gasteiger partial charge is 0.279 e. The Labute approximate surface area is 171 Å². The Bertz CT molecular complexity index is 843. The first-order valence-electron chi connectivity index (χ1n) is 9.65. The summed E-state index contributed by atoms with van der Waals surface area (Å²) in [6.07, 6.45) is 0. The molecule has 5 nitrogen and oxygen atoms in total. The first-order chi connectivity index (χ1) is 13.4. The van der Waals surface area contributed by atoms with Crippen molar-refractivity contribution in [1.29, 1.82) is 0 Å². The zero-order chi connectivity index (χ0) is 20.1. The second-order valence-corrected chi connectivity index (χ2v) is 8.49. The summed E-state index contributed by atoms with van der Waals surface area (Å²) in [7, 11) is 0. The van der Waals surface area contributed by atoms with Crippen molar-refractivity contribution in [2.24, 2.45) is 0 Å². The first-order valence-corrected chi connectivity index (χ1v) is 10.5. The van der Waals surface area contributed by atoms with E-state index in [0.29, 0.717) is 6.54 Å². The van der Waals surface area contributed by atoms with Crippen LogP contribution in [0.3, 0.4) is 0 Å². The number of rotatable bonds is 5. The Hall–Kier alpha value is -2.31. The summed E-state index contributed by atoms with van der Waals surface area (Å²) in [6, 6.07) is 14.5. The Morgan fingerprint density at radius 3 is 2.39 bits per heavy atom. The molecule has 0 saturated carbocycles. The molecule has 1 heterocycles. The molecule has 28 heavy (non-hydrogen) atoms. The molecular weight excluding hydrogens is 370 g/mol. The summed E-state index contributed by atoms with van der Waals surface area (Å²) in [5.41, 5.74) is 3.33. The molecule has 0 radical (unpaired) electrons.